The Balaban J connectivity index is 2.35. The van der Waals surface area contributed by atoms with Crippen LogP contribution in [0, 0.1) is 5.92 Å². The lowest BCUT2D eigenvalue weighted by molar-refractivity contribution is -0.0836. The Bertz CT molecular complexity index is 496. The summed E-state index contributed by atoms with van der Waals surface area (Å²) >= 11 is 0. The predicted octanol–water partition coefficient (Wildman–Crippen LogP) is 2.20. The number of anilines is 1. The quantitative estimate of drug-likeness (QED) is 0.876. The second-order valence-electron chi connectivity index (χ2n) is 5.41. The van der Waals surface area contributed by atoms with Gasteiger partial charge in [0.15, 0.2) is 5.82 Å². The maximum Gasteiger partial charge on any atom is 0.341 e. The van der Waals surface area contributed by atoms with Crippen LogP contribution in [0.25, 0.3) is 0 Å². The molecule has 0 aliphatic heterocycles. The highest BCUT2D eigenvalue weighted by Crippen LogP contribution is 2.41. The number of hydrogen-bond acceptors (Lipinski definition) is 5. The largest absolute Gasteiger partial charge is 0.477 e. The predicted molar refractivity (Wildman–Crippen MR) is 74.3 cm³/mol. The number of nitrogens with zero attached hydrogens (tertiary/aromatic N) is 2. The Morgan fingerprint density at radius 2 is 2.20 bits per heavy atom. The van der Waals surface area contributed by atoms with Crippen molar-refractivity contribution in [1.29, 1.82) is 0 Å². The average molecular weight is 279 g/mol. The molecule has 1 aliphatic rings. The van der Waals surface area contributed by atoms with Crippen molar-refractivity contribution in [2.75, 3.05) is 12.3 Å². The summed E-state index contributed by atoms with van der Waals surface area (Å²) in [6, 6.07) is 0. The molecule has 0 bridgehead atoms. The smallest absolute Gasteiger partial charge is 0.341 e. The monoisotopic (exact) mass is 279 g/mol. The highest BCUT2D eigenvalue weighted by atomic mass is 16.5. The van der Waals surface area contributed by atoms with Crippen LogP contribution in [0.2, 0.25) is 0 Å². The molecule has 0 atom stereocenters. The summed E-state index contributed by atoms with van der Waals surface area (Å²) in [5.74, 6) is 0.0601. The molecule has 1 aromatic rings. The van der Waals surface area contributed by atoms with E-state index in [0.29, 0.717) is 18.3 Å². The lowest BCUT2D eigenvalue weighted by Gasteiger charge is -2.37. The standard InChI is InChI=1S/C14H21N3O3/c1-3-20-14(6-4-9(2)5-7-14)13-16-8-10(12(18)19)11(15)17-13/h8-9H,3-7H2,1-2H3,(H,18,19)(H2,15,16,17). The number of carboxylic acids is 1. The van der Waals surface area contributed by atoms with Crippen molar-refractivity contribution in [3.63, 3.8) is 0 Å². The average Bonchev–Trinajstić information content (AvgIpc) is 2.41. The summed E-state index contributed by atoms with van der Waals surface area (Å²) in [5.41, 5.74) is 5.14. The van der Waals surface area contributed by atoms with Gasteiger partial charge in [-0.2, -0.15) is 0 Å². The van der Waals surface area contributed by atoms with Crippen LogP contribution >= 0.6 is 0 Å². The van der Waals surface area contributed by atoms with Crippen molar-refractivity contribution in [3.8, 4) is 0 Å². The number of rotatable bonds is 4. The van der Waals surface area contributed by atoms with Crippen molar-refractivity contribution in [2.45, 2.75) is 45.1 Å². The molecule has 1 heterocycles. The van der Waals surface area contributed by atoms with Crippen LogP contribution in [0.4, 0.5) is 5.82 Å². The first-order valence-electron chi connectivity index (χ1n) is 6.98. The summed E-state index contributed by atoms with van der Waals surface area (Å²) in [6.45, 7) is 4.73. The molecule has 0 aromatic carbocycles. The summed E-state index contributed by atoms with van der Waals surface area (Å²) in [5, 5.41) is 8.98. The zero-order valence-electron chi connectivity index (χ0n) is 11.9. The van der Waals surface area contributed by atoms with Crippen LogP contribution in [0.5, 0.6) is 0 Å². The van der Waals surface area contributed by atoms with E-state index in [1.807, 2.05) is 6.92 Å². The molecule has 1 saturated carbocycles. The topological polar surface area (TPSA) is 98.3 Å². The van der Waals surface area contributed by atoms with Gasteiger partial charge in [-0.05, 0) is 38.5 Å². The van der Waals surface area contributed by atoms with E-state index >= 15 is 0 Å². The second kappa shape index (κ2) is 5.75. The zero-order chi connectivity index (χ0) is 14.8. The summed E-state index contributed by atoms with van der Waals surface area (Å²) < 4.78 is 5.93. The Kier molecular flexibility index (Phi) is 4.23. The van der Waals surface area contributed by atoms with Gasteiger partial charge in [0.2, 0.25) is 0 Å². The van der Waals surface area contributed by atoms with Crippen molar-refractivity contribution >= 4 is 11.8 Å². The molecular weight excluding hydrogens is 258 g/mol. The number of ether oxygens (including phenoxy) is 1. The number of aromatic carboxylic acids is 1. The van der Waals surface area contributed by atoms with Gasteiger partial charge in [0.1, 0.15) is 17.0 Å². The fourth-order valence-corrected chi connectivity index (χ4v) is 2.72. The van der Waals surface area contributed by atoms with Gasteiger partial charge in [-0.3, -0.25) is 0 Å². The highest BCUT2D eigenvalue weighted by molar-refractivity contribution is 5.92. The minimum atomic E-state index is -1.11. The van der Waals surface area contributed by atoms with Crippen molar-refractivity contribution in [3.05, 3.63) is 17.6 Å². The number of carboxylic acid groups (broad SMARTS) is 1. The van der Waals surface area contributed by atoms with Gasteiger partial charge < -0.3 is 15.6 Å². The third-order valence-corrected chi connectivity index (χ3v) is 3.96. The second-order valence-corrected chi connectivity index (χ2v) is 5.41. The SMILES string of the molecule is CCOC1(c2ncc(C(=O)O)c(N)n2)CCC(C)CC1. The van der Waals surface area contributed by atoms with E-state index in [4.69, 9.17) is 15.6 Å². The van der Waals surface area contributed by atoms with Gasteiger partial charge in [-0.1, -0.05) is 6.92 Å². The number of nitrogen functional groups attached to an aromatic ring is 1. The fraction of sp³-hybridized carbons (Fsp3) is 0.643. The highest BCUT2D eigenvalue weighted by Gasteiger charge is 2.39. The molecule has 0 amide bonds. The zero-order valence-corrected chi connectivity index (χ0v) is 11.9. The van der Waals surface area contributed by atoms with Gasteiger partial charge in [-0.15, -0.1) is 0 Å². The molecule has 1 aliphatic carbocycles. The molecule has 110 valence electrons. The third-order valence-electron chi connectivity index (χ3n) is 3.96. The van der Waals surface area contributed by atoms with Crippen LogP contribution in [0.3, 0.4) is 0 Å². The first-order valence-corrected chi connectivity index (χ1v) is 6.98. The fourth-order valence-electron chi connectivity index (χ4n) is 2.72. The van der Waals surface area contributed by atoms with Crippen molar-refractivity contribution in [2.24, 2.45) is 5.92 Å². The normalized spacial score (nSPS) is 26.4. The lowest BCUT2D eigenvalue weighted by atomic mass is 9.79. The Morgan fingerprint density at radius 1 is 1.55 bits per heavy atom. The van der Waals surface area contributed by atoms with E-state index in [0.717, 1.165) is 25.7 Å². The Hall–Kier alpha value is -1.69. The number of carbonyl (C=O) groups is 1. The third kappa shape index (κ3) is 2.75. The molecule has 1 fully saturated rings. The first-order chi connectivity index (χ1) is 9.48. The van der Waals surface area contributed by atoms with Gasteiger partial charge in [-0.25, -0.2) is 14.8 Å². The summed E-state index contributed by atoms with van der Waals surface area (Å²) in [4.78, 5) is 19.4. The maximum absolute atomic E-state index is 11.0. The maximum atomic E-state index is 11.0. The first kappa shape index (κ1) is 14.7. The van der Waals surface area contributed by atoms with Crippen LogP contribution in [0.15, 0.2) is 6.20 Å². The molecule has 6 nitrogen and oxygen atoms in total. The van der Waals surface area contributed by atoms with Crippen LogP contribution in [0.1, 0.15) is 55.7 Å². The molecule has 0 radical (unpaired) electrons. The van der Waals surface area contributed by atoms with Crippen LogP contribution < -0.4 is 5.73 Å². The van der Waals surface area contributed by atoms with Crippen molar-refractivity contribution < 1.29 is 14.6 Å². The van der Waals surface area contributed by atoms with Gasteiger partial charge in [0, 0.05) is 12.8 Å². The van der Waals surface area contributed by atoms with Gasteiger partial charge in [0.05, 0.1) is 0 Å². The Morgan fingerprint density at radius 3 is 2.70 bits per heavy atom. The molecule has 0 spiro atoms. The van der Waals surface area contributed by atoms with E-state index < -0.39 is 11.6 Å². The number of nitrogens with two attached hydrogens (primary N) is 1. The van der Waals surface area contributed by atoms with E-state index in [2.05, 4.69) is 16.9 Å². The summed E-state index contributed by atoms with van der Waals surface area (Å²) in [6.07, 6.45) is 5.05. The van der Waals surface area contributed by atoms with E-state index in [-0.39, 0.29) is 11.4 Å². The van der Waals surface area contributed by atoms with E-state index in [1.54, 1.807) is 0 Å². The minimum absolute atomic E-state index is 0.000185. The van der Waals surface area contributed by atoms with Crippen molar-refractivity contribution in [1.82, 2.24) is 9.97 Å². The molecule has 20 heavy (non-hydrogen) atoms. The minimum Gasteiger partial charge on any atom is -0.477 e. The van der Waals surface area contributed by atoms with Gasteiger partial charge in [0.25, 0.3) is 0 Å². The van der Waals surface area contributed by atoms with E-state index in [9.17, 15) is 4.79 Å². The lowest BCUT2D eigenvalue weighted by Crippen LogP contribution is -2.36. The van der Waals surface area contributed by atoms with Crippen LogP contribution in [-0.4, -0.2) is 27.7 Å². The molecule has 6 heteroatoms. The number of aromatic nitrogens is 2. The molecular formula is C14H21N3O3. The van der Waals surface area contributed by atoms with E-state index in [1.165, 1.54) is 6.20 Å². The van der Waals surface area contributed by atoms with Gasteiger partial charge >= 0.3 is 5.97 Å². The number of hydrogen-bond donors (Lipinski definition) is 2. The molecule has 0 saturated heterocycles. The Labute approximate surface area is 118 Å². The molecule has 2 rings (SSSR count). The van der Waals surface area contributed by atoms with Crippen LogP contribution in [-0.2, 0) is 10.3 Å². The molecule has 0 unspecified atom stereocenters. The summed E-state index contributed by atoms with van der Waals surface area (Å²) in [7, 11) is 0. The molecule has 3 N–H and O–H groups in total. The molecule has 1 aromatic heterocycles.